The molecule has 0 bridgehead atoms. The highest BCUT2D eigenvalue weighted by Gasteiger charge is 2.72. The molecule has 744 valence electrons. The van der Waals surface area contributed by atoms with E-state index in [-0.39, 0.29) is 63.9 Å². The lowest BCUT2D eigenvalue weighted by atomic mass is 9.65. The second-order valence-electron chi connectivity index (χ2n) is 37.3. The van der Waals surface area contributed by atoms with Crippen molar-refractivity contribution in [2.75, 3.05) is 53.9 Å². The maximum atomic E-state index is 19.3. The summed E-state index contributed by atoms with van der Waals surface area (Å²) in [6.45, 7) is 6.77. The van der Waals surface area contributed by atoms with Crippen molar-refractivity contribution >= 4 is 20.4 Å². The van der Waals surface area contributed by atoms with Crippen LogP contribution >= 0.6 is 8.46 Å². The Kier molecular flexibility index (Phi) is 51.6. The molecule has 0 radical (unpaired) electrons. The van der Waals surface area contributed by atoms with Gasteiger partial charge < -0.3 is 58.0 Å². The molecule has 2 aromatic heterocycles. The fourth-order valence-electron chi connectivity index (χ4n) is 19.1. The lowest BCUT2D eigenvalue weighted by Gasteiger charge is -2.43. The van der Waals surface area contributed by atoms with Crippen LogP contribution in [0.5, 0.6) is 28.7 Å². The van der Waals surface area contributed by atoms with Crippen LogP contribution in [0, 0.1) is 23.7 Å². The van der Waals surface area contributed by atoms with Crippen molar-refractivity contribution in [2.45, 2.75) is 409 Å². The number of aliphatic hydroxyl groups is 2. The Hall–Kier alpha value is -8.50. The molecule has 0 aliphatic carbocycles. The van der Waals surface area contributed by atoms with Crippen LogP contribution in [0.15, 0.2) is 129 Å². The molecule has 0 spiro atoms. The van der Waals surface area contributed by atoms with Crippen LogP contribution in [0.3, 0.4) is 0 Å². The maximum Gasteiger partial charge on any atom is 0.404 e. The Bertz CT molecular complexity index is 4500. The SMILES string of the molecule is CCCCCCCCCCCCCCCCCCOc1cc(CC(CC(=O)O)(C(=O)O[C@@H]2[C@@H](COC(c3ccccc3)(c3ccc(OC)cc3)c3ccc(OC)cc3)O[C@@H](n3ccc(=O)[nH]c3=O)[C@@]2(O)F)[C@@]2(P=[O+]CCC#N)C[C@H](n3cc(C)c(=O)[nH]c3=O)O[C@@H]2CO)cc(OCCCCCCCCCCCCCCCCCC)c1OCCCCCCCCCCCCCCCCCC. The summed E-state index contributed by atoms with van der Waals surface area (Å²) in [4.78, 5) is 91.3. The molecule has 24 nitrogen and oxygen atoms in total. The van der Waals surface area contributed by atoms with Crippen LogP contribution < -0.4 is 46.2 Å². The summed E-state index contributed by atoms with van der Waals surface area (Å²) in [5, 5.41) is 45.0. The first-order valence-electron chi connectivity index (χ1n) is 51.4. The van der Waals surface area contributed by atoms with Crippen molar-refractivity contribution in [1.82, 2.24) is 19.1 Å². The van der Waals surface area contributed by atoms with Gasteiger partial charge in [-0.2, -0.15) is 5.26 Å². The lowest BCUT2D eigenvalue weighted by molar-refractivity contribution is -0.217. The number of ether oxygens (including phenoxy) is 9. The Morgan fingerprint density at radius 2 is 0.970 bits per heavy atom. The minimum Gasteiger partial charge on any atom is -0.497 e. The van der Waals surface area contributed by atoms with Gasteiger partial charge >= 0.3 is 31.8 Å². The maximum absolute atomic E-state index is 19.3. The third kappa shape index (κ3) is 34.9. The third-order valence-corrected chi connectivity index (χ3v) is 28.4. The molecule has 0 saturated carbocycles. The van der Waals surface area contributed by atoms with E-state index in [2.05, 4.69) is 36.8 Å². The number of rotatable bonds is 75. The Balaban J connectivity index is 1.23. The number of aromatic nitrogens is 4. The number of carboxylic acids is 1. The summed E-state index contributed by atoms with van der Waals surface area (Å²) in [6.07, 6.45) is 45.4. The number of aliphatic carboxylic acids is 1. The first-order valence-corrected chi connectivity index (χ1v) is 52.3. The summed E-state index contributed by atoms with van der Waals surface area (Å²) < 4.78 is 87.0. The number of carbonyl (C=O) groups is 2. The number of benzene rings is 4. The van der Waals surface area contributed by atoms with Gasteiger partial charge in [-0.1, -0.05) is 364 Å². The average molecular weight is 1880 g/mol. The number of nitrogens with one attached hydrogen (secondary N) is 2. The monoisotopic (exact) mass is 1880 g/mol. The van der Waals surface area contributed by atoms with Crippen molar-refractivity contribution in [2.24, 2.45) is 5.41 Å². The summed E-state index contributed by atoms with van der Waals surface area (Å²) >= 11 is 0. The molecule has 2 fully saturated rings. The highest BCUT2D eigenvalue weighted by atomic mass is 31.1. The smallest absolute Gasteiger partial charge is 0.404 e. The number of H-pyrrole nitrogens is 2. The van der Waals surface area contributed by atoms with Gasteiger partial charge in [0.1, 0.15) is 47.4 Å². The van der Waals surface area contributed by atoms with Gasteiger partial charge in [0.2, 0.25) is 12.0 Å². The van der Waals surface area contributed by atoms with Gasteiger partial charge in [0.25, 0.3) is 23.6 Å². The van der Waals surface area contributed by atoms with Crippen LogP contribution in [0.2, 0.25) is 0 Å². The average Bonchev–Trinajstić information content (AvgIpc) is 1.66. The first kappa shape index (κ1) is 111. The van der Waals surface area contributed by atoms with E-state index in [9.17, 15) is 44.6 Å². The number of carboxylic acid groups (broad SMARTS) is 1. The number of unbranched alkanes of at least 4 members (excludes halogenated alkanes) is 45. The van der Waals surface area contributed by atoms with E-state index in [1.165, 1.54) is 239 Å². The normalized spacial score (nSPS) is 18.3. The molecule has 5 N–H and O–H groups in total. The number of aliphatic hydroxyl groups excluding tert-OH is 1. The van der Waals surface area contributed by atoms with Gasteiger partial charge in [-0.3, -0.25) is 38.3 Å². The molecule has 0 amide bonds. The molecular formula is C108H162FN5O19P+. The standard InChI is InChI=1S/C108H161FN5O19P/c1-7-10-13-16-19-22-25-28-31-34-37-40-43-46-49-55-72-126-91-76-85(77-92(127-73-56-50-47-44-41-38-35-32-29-26-23-20-17-14-11-8-2)98(91)128-74-57-51-48-45-42-39-36-33-30-27-24-21-18-15-12-9-3)78-105(80-97(117)118,106(134-130-75-58-70-110)79-96(132-94(106)82-115)114-81-84(4)100(119)112-104(114)122)102(120)133-99-93(131-101(108(99,109)123)113-71-69-95(116)111-103(113)121)83-129-107(86-59-53-52-54-60-86,87-61-65-89(124-5)66-62-87)88-63-67-90(125-6)68-64-88/h52-54,59-69,71,76-77,81,93-94,96,99,101,115,123H,7-51,55-58,72-75,78-80,82-83H2,1-6H3,(H2-,111,112,116,117,118,119,121,122)/p+1/t93-,94-,96-,99-,101-,105?,106-,108-/m1/s1. The molecule has 8 atom stereocenters. The largest absolute Gasteiger partial charge is 0.497 e. The third-order valence-electron chi connectivity index (χ3n) is 26.9. The number of esters is 1. The fourth-order valence-corrected chi connectivity index (χ4v) is 20.4. The second-order valence-corrected chi connectivity index (χ2v) is 38.6. The minimum absolute atomic E-state index is 0.0600. The van der Waals surface area contributed by atoms with Crippen LogP contribution in [0.25, 0.3) is 0 Å². The molecule has 4 heterocycles. The number of hydrogen-bond acceptors (Lipinski definition) is 18. The number of nitriles is 1. The van der Waals surface area contributed by atoms with E-state index in [4.69, 9.17) is 46.8 Å². The van der Waals surface area contributed by atoms with Crippen LogP contribution in [-0.4, -0.2) is 130 Å². The van der Waals surface area contributed by atoms with Gasteiger partial charge in [0.15, 0.2) is 22.8 Å². The second kappa shape index (κ2) is 62.4. The minimum atomic E-state index is -4.01. The molecule has 8 rings (SSSR count). The molecule has 4 aromatic carbocycles. The van der Waals surface area contributed by atoms with Crippen molar-refractivity contribution in [3.63, 3.8) is 0 Å². The summed E-state index contributed by atoms with van der Waals surface area (Å²) in [5.74, 6) is -5.48. The van der Waals surface area contributed by atoms with Gasteiger partial charge in [0.05, 0.1) is 59.7 Å². The number of hydrogen-bond donors (Lipinski definition) is 5. The number of nitrogens with zero attached hydrogens (tertiary/aromatic N) is 3. The van der Waals surface area contributed by atoms with E-state index in [0.717, 1.165) is 93.9 Å². The number of methoxy groups -OCH3 is 2. The molecule has 26 heteroatoms. The predicted octanol–water partition coefficient (Wildman–Crippen LogP) is 24.3. The first-order chi connectivity index (χ1) is 65.3. The summed E-state index contributed by atoms with van der Waals surface area (Å²) in [7, 11) is 2.73. The van der Waals surface area contributed by atoms with Crippen LogP contribution in [0.4, 0.5) is 4.39 Å². The quantitative estimate of drug-likeness (QED) is 0.00778. The van der Waals surface area contributed by atoms with E-state index < -0.39 is 120 Å². The molecule has 1 unspecified atom stereocenters. The summed E-state index contributed by atoms with van der Waals surface area (Å²) in [5.41, 5.74) is -6.54. The predicted molar refractivity (Wildman–Crippen MR) is 526 cm³/mol. The lowest BCUT2D eigenvalue weighted by Crippen LogP contribution is -2.60. The topological polar surface area (TPSA) is 323 Å². The highest BCUT2D eigenvalue weighted by Crippen LogP contribution is 2.61. The van der Waals surface area contributed by atoms with Crippen LogP contribution in [0.1, 0.15) is 389 Å². The van der Waals surface area contributed by atoms with Gasteiger partial charge in [-0.15, -0.1) is 0 Å². The number of halogens is 1. The highest BCUT2D eigenvalue weighted by molar-refractivity contribution is 7.26. The Labute approximate surface area is 798 Å². The van der Waals surface area contributed by atoms with E-state index in [1.54, 1.807) is 84.9 Å². The van der Waals surface area contributed by atoms with Crippen molar-refractivity contribution in [1.29, 1.82) is 5.26 Å². The van der Waals surface area contributed by atoms with Crippen molar-refractivity contribution in [3.05, 3.63) is 179 Å². The van der Waals surface area contributed by atoms with Gasteiger partial charge in [0, 0.05) is 30.4 Å². The molecule has 6 aromatic rings. The fraction of sp³-hybridized carbons (Fsp3) is 0.676. The molecular weight excluding hydrogens is 1720 g/mol. The Morgan fingerprint density at radius 3 is 1.37 bits per heavy atom. The molecule has 2 saturated heterocycles. The zero-order chi connectivity index (χ0) is 95.9. The van der Waals surface area contributed by atoms with Crippen molar-refractivity contribution in [3.8, 4) is 34.8 Å². The molecule has 2 aliphatic rings. The zero-order valence-electron chi connectivity index (χ0n) is 81.8. The van der Waals surface area contributed by atoms with Crippen molar-refractivity contribution < 1.29 is 76.1 Å². The van der Waals surface area contributed by atoms with Gasteiger partial charge in [-0.05, 0) is 91.3 Å². The number of aromatic amines is 2. The zero-order valence-corrected chi connectivity index (χ0v) is 82.7. The Morgan fingerprint density at radius 1 is 0.560 bits per heavy atom. The molecule has 134 heavy (non-hydrogen) atoms. The van der Waals surface area contributed by atoms with E-state index in [0.29, 0.717) is 57.8 Å². The van der Waals surface area contributed by atoms with E-state index >= 15 is 9.18 Å². The summed E-state index contributed by atoms with van der Waals surface area (Å²) in [6, 6.07) is 29.3. The number of carbonyl (C=O) groups excluding carboxylic acids is 1. The van der Waals surface area contributed by atoms with Gasteiger partial charge in [-0.25, -0.2) is 18.2 Å². The number of alkyl halides is 1. The van der Waals surface area contributed by atoms with E-state index in [1.807, 2.05) is 6.07 Å². The molecule has 2 aliphatic heterocycles. The number of aryl methyl sites for hydroxylation is 1. The van der Waals surface area contributed by atoms with Crippen LogP contribution in [-0.2, 0) is 44.8 Å².